The van der Waals surface area contributed by atoms with E-state index in [1.165, 1.54) is 0 Å². The minimum absolute atomic E-state index is 0.0547. The molecule has 0 saturated heterocycles. The summed E-state index contributed by atoms with van der Waals surface area (Å²) in [7, 11) is 0. The van der Waals surface area contributed by atoms with Crippen molar-refractivity contribution in [2.75, 3.05) is 6.54 Å². The summed E-state index contributed by atoms with van der Waals surface area (Å²) in [6.45, 7) is 4.73. The summed E-state index contributed by atoms with van der Waals surface area (Å²) in [6.07, 6.45) is 2.25. The van der Waals surface area contributed by atoms with Gasteiger partial charge in [0.15, 0.2) is 6.10 Å². The van der Waals surface area contributed by atoms with E-state index in [4.69, 9.17) is 16.3 Å². The lowest BCUT2D eigenvalue weighted by molar-refractivity contribution is -0.128. The van der Waals surface area contributed by atoms with Crippen LogP contribution in [-0.4, -0.2) is 18.6 Å². The van der Waals surface area contributed by atoms with E-state index < -0.39 is 6.10 Å². The van der Waals surface area contributed by atoms with Gasteiger partial charge in [-0.05, 0) is 37.1 Å². The Kier molecular flexibility index (Phi) is 6.58. The van der Waals surface area contributed by atoms with Crippen LogP contribution in [0.3, 0.4) is 0 Å². The van der Waals surface area contributed by atoms with Crippen molar-refractivity contribution in [2.24, 2.45) is 0 Å². The molecule has 0 radical (unpaired) electrons. The molecule has 0 aliphatic carbocycles. The second-order valence-corrected chi connectivity index (χ2v) is 4.55. The quantitative estimate of drug-likeness (QED) is 0.771. The third-order valence-corrected chi connectivity index (χ3v) is 2.84. The molecular weight excluding hydrogens is 250 g/mol. The average molecular weight is 270 g/mol. The molecule has 1 amide bonds. The molecular formula is C14H20ClNO2. The van der Waals surface area contributed by atoms with Gasteiger partial charge in [-0.15, -0.1) is 0 Å². The van der Waals surface area contributed by atoms with Crippen LogP contribution >= 0.6 is 11.6 Å². The van der Waals surface area contributed by atoms with Crippen LogP contribution in [0.4, 0.5) is 0 Å². The molecule has 0 aromatic heterocycles. The molecule has 0 spiro atoms. The van der Waals surface area contributed by atoms with Crippen molar-refractivity contribution < 1.29 is 9.53 Å². The van der Waals surface area contributed by atoms with Crippen molar-refractivity contribution in [3.05, 3.63) is 29.3 Å². The van der Waals surface area contributed by atoms with E-state index in [9.17, 15) is 4.79 Å². The molecule has 0 fully saturated rings. The molecule has 18 heavy (non-hydrogen) atoms. The van der Waals surface area contributed by atoms with E-state index in [0.29, 0.717) is 23.7 Å². The van der Waals surface area contributed by atoms with E-state index >= 15 is 0 Å². The Hall–Kier alpha value is -1.22. The van der Waals surface area contributed by atoms with Gasteiger partial charge in [-0.3, -0.25) is 4.79 Å². The number of ether oxygens (including phenoxy) is 1. The van der Waals surface area contributed by atoms with Crippen LogP contribution in [0, 0.1) is 0 Å². The van der Waals surface area contributed by atoms with Crippen molar-refractivity contribution in [2.45, 2.75) is 39.2 Å². The monoisotopic (exact) mass is 269 g/mol. The van der Waals surface area contributed by atoms with Crippen LogP contribution < -0.4 is 10.1 Å². The second kappa shape index (κ2) is 7.98. The maximum absolute atomic E-state index is 11.9. The van der Waals surface area contributed by atoms with Crippen LogP contribution in [0.15, 0.2) is 24.3 Å². The van der Waals surface area contributed by atoms with Crippen molar-refractivity contribution in [3.63, 3.8) is 0 Å². The molecule has 0 saturated carbocycles. The molecule has 4 heteroatoms. The molecule has 1 atom stereocenters. The van der Waals surface area contributed by atoms with Crippen LogP contribution in [0.2, 0.25) is 5.02 Å². The number of nitrogens with one attached hydrogen (secondary N) is 1. The van der Waals surface area contributed by atoms with Gasteiger partial charge in [0.25, 0.3) is 5.91 Å². The first-order valence-corrected chi connectivity index (χ1v) is 6.75. The number of amides is 1. The predicted molar refractivity (Wildman–Crippen MR) is 74.1 cm³/mol. The Morgan fingerprint density at radius 2 is 2.00 bits per heavy atom. The number of hydrogen-bond donors (Lipinski definition) is 1. The third kappa shape index (κ3) is 4.96. The van der Waals surface area contributed by atoms with Crippen LogP contribution in [0.25, 0.3) is 0 Å². The minimum atomic E-state index is -0.442. The summed E-state index contributed by atoms with van der Waals surface area (Å²) in [5.41, 5.74) is 0. The normalized spacial score (nSPS) is 11.9. The molecule has 0 unspecified atom stereocenters. The molecule has 100 valence electrons. The Bertz CT molecular complexity index is 365. The van der Waals surface area contributed by atoms with Gasteiger partial charge in [-0.25, -0.2) is 0 Å². The lowest BCUT2D eigenvalue weighted by Crippen LogP contribution is -2.38. The summed E-state index contributed by atoms with van der Waals surface area (Å²) in [5.74, 6) is 0.609. The molecule has 1 aromatic rings. The lowest BCUT2D eigenvalue weighted by atomic mass is 10.2. The molecule has 0 aliphatic heterocycles. The van der Waals surface area contributed by atoms with E-state index in [1.807, 2.05) is 6.92 Å². The number of benzene rings is 1. The third-order valence-electron chi connectivity index (χ3n) is 2.58. The second-order valence-electron chi connectivity index (χ2n) is 4.11. The van der Waals surface area contributed by atoms with E-state index in [1.54, 1.807) is 24.3 Å². The minimum Gasteiger partial charge on any atom is -0.481 e. The summed E-state index contributed by atoms with van der Waals surface area (Å²) in [6, 6.07) is 7.03. The van der Waals surface area contributed by atoms with E-state index in [2.05, 4.69) is 12.2 Å². The van der Waals surface area contributed by atoms with Crippen LogP contribution in [0.1, 0.15) is 33.1 Å². The number of halogens is 1. The number of carbonyl (C=O) groups excluding carboxylic acids is 1. The van der Waals surface area contributed by atoms with E-state index in [0.717, 1.165) is 12.8 Å². The molecule has 3 nitrogen and oxygen atoms in total. The van der Waals surface area contributed by atoms with Gasteiger partial charge in [0.05, 0.1) is 0 Å². The summed E-state index contributed by atoms with van der Waals surface area (Å²) in [5, 5.41) is 3.53. The fourth-order valence-electron chi connectivity index (χ4n) is 1.50. The fraction of sp³-hybridized carbons (Fsp3) is 0.500. The topological polar surface area (TPSA) is 38.3 Å². The first-order valence-electron chi connectivity index (χ1n) is 6.37. The standard InChI is InChI=1S/C14H20ClNO2/c1-3-5-10-16-14(17)13(4-2)18-12-8-6-11(15)7-9-12/h6-9,13H,3-5,10H2,1-2H3,(H,16,17)/t13-/m0/s1. The smallest absolute Gasteiger partial charge is 0.261 e. The van der Waals surface area contributed by atoms with Crippen LogP contribution in [0.5, 0.6) is 5.75 Å². The van der Waals surface area contributed by atoms with Crippen LogP contribution in [-0.2, 0) is 4.79 Å². The lowest BCUT2D eigenvalue weighted by Gasteiger charge is -2.17. The van der Waals surface area contributed by atoms with Gasteiger partial charge in [-0.2, -0.15) is 0 Å². The average Bonchev–Trinajstić information content (AvgIpc) is 2.38. The number of unbranched alkanes of at least 4 members (excludes halogenated alkanes) is 1. The van der Waals surface area contributed by atoms with Gasteiger partial charge < -0.3 is 10.1 Å². The first-order chi connectivity index (χ1) is 8.67. The van der Waals surface area contributed by atoms with Gasteiger partial charge in [0, 0.05) is 11.6 Å². The molecule has 1 N–H and O–H groups in total. The summed E-state index contributed by atoms with van der Waals surface area (Å²) in [4.78, 5) is 11.9. The highest BCUT2D eigenvalue weighted by Crippen LogP contribution is 2.17. The largest absolute Gasteiger partial charge is 0.481 e. The van der Waals surface area contributed by atoms with Gasteiger partial charge in [-0.1, -0.05) is 31.9 Å². The maximum atomic E-state index is 11.9. The number of hydrogen-bond acceptors (Lipinski definition) is 2. The van der Waals surface area contributed by atoms with Gasteiger partial charge >= 0.3 is 0 Å². The summed E-state index contributed by atoms with van der Waals surface area (Å²) < 4.78 is 5.64. The van der Waals surface area contributed by atoms with Gasteiger partial charge in [0.2, 0.25) is 0 Å². The molecule has 0 bridgehead atoms. The molecule has 1 rings (SSSR count). The highest BCUT2D eigenvalue weighted by Gasteiger charge is 2.17. The molecule has 0 heterocycles. The van der Waals surface area contributed by atoms with Crippen molar-refractivity contribution in [1.82, 2.24) is 5.32 Å². The maximum Gasteiger partial charge on any atom is 0.261 e. The molecule has 1 aromatic carbocycles. The van der Waals surface area contributed by atoms with E-state index in [-0.39, 0.29) is 5.91 Å². The predicted octanol–water partition coefficient (Wildman–Crippen LogP) is 3.41. The Morgan fingerprint density at radius 3 is 2.56 bits per heavy atom. The highest BCUT2D eigenvalue weighted by atomic mass is 35.5. The number of rotatable bonds is 7. The van der Waals surface area contributed by atoms with Crippen molar-refractivity contribution >= 4 is 17.5 Å². The highest BCUT2D eigenvalue weighted by molar-refractivity contribution is 6.30. The molecule has 0 aliphatic rings. The Morgan fingerprint density at radius 1 is 1.33 bits per heavy atom. The Labute approximate surface area is 113 Å². The zero-order valence-corrected chi connectivity index (χ0v) is 11.7. The zero-order valence-electron chi connectivity index (χ0n) is 10.9. The summed E-state index contributed by atoms with van der Waals surface area (Å²) >= 11 is 5.79. The van der Waals surface area contributed by atoms with Crippen molar-refractivity contribution in [1.29, 1.82) is 0 Å². The van der Waals surface area contributed by atoms with Gasteiger partial charge in [0.1, 0.15) is 5.75 Å². The number of carbonyl (C=O) groups is 1. The first kappa shape index (κ1) is 14.8. The fourth-order valence-corrected chi connectivity index (χ4v) is 1.63. The van der Waals surface area contributed by atoms with Crippen molar-refractivity contribution in [3.8, 4) is 5.75 Å². The zero-order chi connectivity index (χ0) is 13.4. The Balaban J connectivity index is 2.50. The SMILES string of the molecule is CCCCNC(=O)[C@H](CC)Oc1ccc(Cl)cc1.